The number of fused-ring (bicyclic) bond motifs is 12. The molecule has 3 heteroatoms. The highest BCUT2D eigenvalue weighted by atomic mass is 16.3. The fourth-order valence-corrected chi connectivity index (χ4v) is 8.98. The molecule has 9 aromatic carbocycles. The molecule has 2 heterocycles. The molecule has 0 aliphatic heterocycles. The van der Waals surface area contributed by atoms with Gasteiger partial charge in [0.15, 0.2) is 5.58 Å². The Morgan fingerprint density at radius 2 is 1.00 bits per heavy atom. The lowest BCUT2D eigenvalue weighted by Crippen LogP contribution is -2.10. The standard InChI is InChI=1S/C51H32N2O/c1-31-10-8-11-36(24-31)52(49-18-9-15-42-41-14-4-7-19-50(41)54-51(42)49)37-22-20-32-27-43-44-28-33-21-23-38(26-35(33)30-46(44)45(43)29-34(32)25-37)53-47-16-5-2-12-39(47)40-13-3-6-17-48(40)53/h2-30H,1H3. The summed E-state index contributed by atoms with van der Waals surface area (Å²) >= 11 is 0. The summed E-state index contributed by atoms with van der Waals surface area (Å²) in [6.45, 7) is 2.15. The lowest BCUT2D eigenvalue weighted by atomic mass is 9.78. The van der Waals surface area contributed by atoms with Gasteiger partial charge in [0.05, 0.1) is 16.7 Å². The molecule has 2 aromatic heterocycles. The zero-order valence-corrected chi connectivity index (χ0v) is 29.5. The molecule has 11 aromatic rings. The van der Waals surface area contributed by atoms with Gasteiger partial charge in [0.1, 0.15) is 5.58 Å². The van der Waals surface area contributed by atoms with Crippen LogP contribution in [0.4, 0.5) is 17.1 Å². The van der Waals surface area contributed by atoms with Crippen molar-refractivity contribution in [3.8, 4) is 27.9 Å². The third kappa shape index (κ3) is 4.18. The van der Waals surface area contributed by atoms with Gasteiger partial charge in [0.2, 0.25) is 0 Å². The maximum Gasteiger partial charge on any atom is 0.159 e. The molecule has 0 atom stereocenters. The number of hydrogen-bond acceptors (Lipinski definition) is 2. The highest BCUT2D eigenvalue weighted by molar-refractivity contribution is 6.14. The second kappa shape index (κ2) is 11.0. The van der Waals surface area contributed by atoms with Gasteiger partial charge in [-0.25, -0.2) is 0 Å². The van der Waals surface area contributed by atoms with Gasteiger partial charge < -0.3 is 13.9 Å². The third-order valence-corrected chi connectivity index (χ3v) is 11.5. The van der Waals surface area contributed by atoms with Crippen LogP contribution in [0.5, 0.6) is 0 Å². The maximum absolute atomic E-state index is 6.57. The molecule has 1 aliphatic rings. The zero-order valence-electron chi connectivity index (χ0n) is 29.5. The molecule has 12 rings (SSSR count). The molecule has 0 saturated carbocycles. The van der Waals surface area contributed by atoms with E-state index >= 15 is 0 Å². The smallest absolute Gasteiger partial charge is 0.159 e. The fraction of sp³-hybridized carbons (Fsp3) is 0.0196. The highest BCUT2D eigenvalue weighted by Gasteiger charge is 2.25. The van der Waals surface area contributed by atoms with Crippen LogP contribution in [-0.2, 0) is 0 Å². The summed E-state index contributed by atoms with van der Waals surface area (Å²) < 4.78 is 8.98. The number of nitrogens with zero attached hydrogens (tertiary/aromatic N) is 2. The van der Waals surface area contributed by atoms with E-state index in [1.54, 1.807) is 0 Å². The van der Waals surface area contributed by atoms with Crippen molar-refractivity contribution < 1.29 is 4.42 Å². The van der Waals surface area contributed by atoms with E-state index in [1.165, 1.54) is 76.9 Å². The van der Waals surface area contributed by atoms with E-state index in [-0.39, 0.29) is 0 Å². The summed E-state index contributed by atoms with van der Waals surface area (Å²) in [4.78, 5) is 2.34. The average Bonchev–Trinajstić information content (AvgIpc) is 3.76. The van der Waals surface area contributed by atoms with Gasteiger partial charge in [-0.2, -0.15) is 0 Å². The molecule has 1 aliphatic carbocycles. The number of aromatic nitrogens is 1. The van der Waals surface area contributed by atoms with Crippen LogP contribution in [0.25, 0.3) is 93.2 Å². The largest absolute Gasteiger partial charge is 0.454 e. The predicted molar refractivity (Wildman–Crippen MR) is 227 cm³/mol. The molecule has 0 unspecified atom stereocenters. The Morgan fingerprint density at radius 1 is 0.426 bits per heavy atom. The van der Waals surface area contributed by atoms with E-state index in [1.807, 2.05) is 6.07 Å². The zero-order chi connectivity index (χ0) is 35.5. The molecule has 0 N–H and O–H groups in total. The van der Waals surface area contributed by atoms with Crippen molar-refractivity contribution in [1.29, 1.82) is 0 Å². The van der Waals surface area contributed by atoms with Gasteiger partial charge in [0.25, 0.3) is 0 Å². The van der Waals surface area contributed by atoms with Crippen LogP contribution in [0.3, 0.4) is 0 Å². The molecule has 0 saturated heterocycles. The molecular weight excluding hydrogens is 657 g/mol. The van der Waals surface area contributed by atoms with E-state index in [0.29, 0.717) is 0 Å². The van der Waals surface area contributed by atoms with Crippen LogP contribution >= 0.6 is 0 Å². The minimum absolute atomic E-state index is 0.888. The SMILES string of the molecule is Cc1cccc(N(c2ccc3cc4c(cc3c2)-c2cc3cc(-n5c6ccccc6c6ccccc65)ccc3cc2-4)c2cccc3c2oc2ccccc23)c1. The molecule has 0 radical (unpaired) electrons. The first-order valence-corrected chi connectivity index (χ1v) is 18.6. The quantitative estimate of drug-likeness (QED) is 0.184. The van der Waals surface area contributed by atoms with Crippen molar-refractivity contribution in [3.05, 3.63) is 181 Å². The lowest BCUT2D eigenvalue weighted by molar-refractivity contribution is 0.669. The minimum Gasteiger partial charge on any atom is -0.454 e. The highest BCUT2D eigenvalue weighted by Crippen LogP contribution is 2.51. The number of aryl methyl sites for hydroxylation is 1. The molecule has 0 amide bonds. The maximum atomic E-state index is 6.57. The van der Waals surface area contributed by atoms with Gasteiger partial charge in [-0.3, -0.25) is 0 Å². The molecule has 252 valence electrons. The molecular formula is C51H32N2O. The summed E-state index contributed by atoms with van der Waals surface area (Å²) in [5, 5.41) is 9.76. The van der Waals surface area contributed by atoms with E-state index < -0.39 is 0 Å². The van der Waals surface area contributed by atoms with Crippen molar-refractivity contribution in [1.82, 2.24) is 4.57 Å². The van der Waals surface area contributed by atoms with Crippen molar-refractivity contribution in [2.24, 2.45) is 0 Å². The van der Waals surface area contributed by atoms with Crippen molar-refractivity contribution in [2.75, 3.05) is 4.90 Å². The Hall–Kier alpha value is -7.10. The van der Waals surface area contributed by atoms with Gasteiger partial charge >= 0.3 is 0 Å². The number of furan rings is 1. The number of hydrogen-bond donors (Lipinski definition) is 0. The Labute approximate surface area is 311 Å². The van der Waals surface area contributed by atoms with Gasteiger partial charge in [-0.05, 0) is 141 Å². The Morgan fingerprint density at radius 3 is 1.72 bits per heavy atom. The van der Waals surface area contributed by atoms with E-state index in [9.17, 15) is 0 Å². The lowest BCUT2D eigenvalue weighted by Gasteiger charge is -2.28. The Kier molecular flexibility index (Phi) is 5.98. The van der Waals surface area contributed by atoms with Crippen LogP contribution in [0.1, 0.15) is 5.56 Å². The van der Waals surface area contributed by atoms with Crippen LogP contribution in [0.2, 0.25) is 0 Å². The normalized spacial score (nSPS) is 12.2. The monoisotopic (exact) mass is 688 g/mol. The number of para-hydroxylation sites is 4. The van der Waals surface area contributed by atoms with Crippen LogP contribution < -0.4 is 4.90 Å². The van der Waals surface area contributed by atoms with Crippen molar-refractivity contribution in [3.63, 3.8) is 0 Å². The Balaban J connectivity index is 0.996. The molecule has 54 heavy (non-hydrogen) atoms. The van der Waals surface area contributed by atoms with Gasteiger partial charge in [-0.1, -0.05) is 91.0 Å². The van der Waals surface area contributed by atoms with E-state index in [4.69, 9.17) is 4.42 Å². The van der Waals surface area contributed by atoms with Gasteiger partial charge in [-0.15, -0.1) is 0 Å². The summed E-state index contributed by atoms with van der Waals surface area (Å²) in [5.41, 5.74) is 15.1. The van der Waals surface area contributed by atoms with E-state index in [0.717, 1.165) is 39.0 Å². The number of anilines is 3. The second-order valence-corrected chi connectivity index (χ2v) is 14.7. The first-order chi connectivity index (χ1) is 26.7. The van der Waals surface area contributed by atoms with Crippen LogP contribution in [-0.4, -0.2) is 4.57 Å². The van der Waals surface area contributed by atoms with E-state index in [2.05, 4.69) is 186 Å². The predicted octanol–water partition coefficient (Wildman–Crippen LogP) is 14.4. The van der Waals surface area contributed by atoms with Crippen molar-refractivity contribution >= 4 is 82.4 Å². The van der Waals surface area contributed by atoms with Gasteiger partial charge in [0, 0.05) is 38.6 Å². The average molecular weight is 689 g/mol. The fourth-order valence-electron chi connectivity index (χ4n) is 8.98. The minimum atomic E-state index is 0.888. The molecule has 0 fully saturated rings. The van der Waals surface area contributed by atoms with Crippen molar-refractivity contribution in [2.45, 2.75) is 6.92 Å². The second-order valence-electron chi connectivity index (χ2n) is 14.7. The summed E-state index contributed by atoms with van der Waals surface area (Å²) in [7, 11) is 0. The first kappa shape index (κ1) is 29.5. The molecule has 0 spiro atoms. The number of rotatable bonds is 4. The van der Waals surface area contributed by atoms with Crippen LogP contribution in [0, 0.1) is 6.92 Å². The topological polar surface area (TPSA) is 21.3 Å². The molecule has 0 bridgehead atoms. The summed E-state index contributed by atoms with van der Waals surface area (Å²) in [6.07, 6.45) is 0. The Bertz CT molecular complexity index is 3310. The first-order valence-electron chi connectivity index (χ1n) is 18.6. The number of benzene rings is 9. The third-order valence-electron chi connectivity index (χ3n) is 11.5. The molecule has 3 nitrogen and oxygen atoms in total. The summed E-state index contributed by atoms with van der Waals surface area (Å²) in [5.74, 6) is 0. The summed E-state index contributed by atoms with van der Waals surface area (Å²) in [6, 6.07) is 64.2. The van der Waals surface area contributed by atoms with Crippen LogP contribution in [0.15, 0.2) is 180 Å².